The minimum absolute atomic E-state index is 0.0156. The molecule has 2 heterocycles. The number of hydrazine groups is 1. The average Bonchev–Trinajstić information content (AvgIpc) is 2.94. The lowest BCUT2D eigenvalue weighted by Crippen LogP contribution is -2.12. The molecule has 0 spiro atoms. The number of nitrogens with one attached hydrogen (secondary N) is 2. The fraction of sp³-hybridized carbons (Fsp3) is 0.0909. The van der Waals surface area contributed by atoms with Gasteiger partial charge in [0, 0.05) is 11.8 Å². The number of anilines is 3. The van der Waals surface area contributed by atoms with Gasteiger partial charge in [0.1, 0.15) is 6.20 Å². The molecule has 0 amide bonds. The highest BCUT2D eigenvalue weighted by molar-refractivity contribution is 5.68. The summed E-state index contributed by atoms with van der Waals surface area (Å²) in [6.07, 6.45) is 1.07. The molecule has 0 saturated carbocycles. The standard InChI is InChI=1S/C11H10N6O4/c12-16-11-13-4-7(17(18)19)10(15-11)14-6-1-2-8-9(3-6)21-5-20-8/h1-4H,5,12H2,(H2,13,14,15,16). The molecule has 3 rings (SSSR count). The second-order valence-electron chi connectivity index (χ2n) is 4.02. The van der Waals surface area contributed by atoms with Crippen molar-refractivity contribution in [1.82, 2.24) is 9.97 Å². The number of rotatable bonds is 4. The van der Waals surface area contributed by atoms with Gasteiger partial charge in [0.2, 0.25) is 18.6 Å². The number of nitrogens with two attached hydrogens (primary N) is 1. The van der Waals surface area contributed by atoms with E-state index in [-0.39, 0.29) is 24.2 Å². The van der Waals surface area contributed by atoms with Crippen molar-refractivity contribution in [2.24, 2.45) is 5.84 Å². The summed E-state index contributed by atoms with van der Waals surface area (Å²) in [4.78, 5) is 18.0. The number of nitro groups is 1. The molecule has 1 aliphatic heterocycles. The van der Waals surface area contributed by atoms with E-state index in [0.717, 1.165) is 6.20 Å². The first-order valence-electron chi connectivity index (χ1n) is 5.82. The third kappa shape index (κ3) is 2.47. The summed E-state index contributed by atoms with van der Waals surface area (Å²) in [7, 11) is 0. The van der Waals surface area contributed by atoms with Crippen molar-refractivity contribution < 1.29 is 14.4 Å². The molecule has 1 aromatic carbocycles. The number of hydrogen-bond donors (Lipinski definition) is 3. The number of benzene rings is 1. The number of ether oxygens (including phenoxy) is 2. The zero-order valence-corrected chi connectivity index (χ0v) is 10.6. The number of fused-ring (bicyclic) bond motifs is 1. The van der Waals surface area contributed by atoms with E-state index < -0.39 is 4.92 Å². The first-order valence-corrected chi connectivity index (χ1v) is 5.82. The molecular formula is C11H10N6O4. The molecule has 0 unspecified atom stereocenters. The van der Waals surface area contributed by atoms with E-state index >= 15 is 0 Å². The summed E-state index contributed by atoms with van der Waals surface area (Å²) in [5.41, 5.74) is 2.52. The predicted molar refractivity (Wildman–Crippen MR) is 72.3 cm³/mol. The first-order chi connectivity index (χ1) is 10.2. The van der Waals surface area contributed by atoms with Crippen LogP contribution in [0.3, 0.4) is 0 Å². The van der Waals surface area contributed by atoms with Gasteiger partial charge < -0.3 is 14.8 Å². The van der Waals surface area contributed by atoms with Crippen LogP contribution in [0.2, 0.25) is 0 Å². The zero-order valence-electron chi connectivity index (χ0n) is 10.6. The Balaban J connectivity index is 1.95. The van der Waals surface area contributed by atoms with Crippen LogP contribution in [0.15, 0.2) is 24.4 Å². The lowest BCUT2D eigenvalue weighted by atomic mass is 10.2. The molecule has 4 N–H and O–H groups in total. The van der Waals surface area contributed by atoms with Crippen LogP contribution >= 0.6 is 0 Å². The van der Waals surface area contributed by atoms with Crippen molar-refractivity contribution in [2.45, 2.75) is 0 Å². The Kier molecular flexibility index (Phi) is 3.12. The van der Waals surface area contributed by atoms with E-state index in [2.05, 4.69) is 20.7 Å². The third-order valence-electron chi connectivity index (χ3n) is 2.73. The fourth-order valence-electron chi connectivity index (χ4n) is 1.78. The molecule has 0 bridgehead atoms. The predicted octanol–water partition coefficient (Wildman–Crippen LogP) is 1.14. The molecular weight excluding hydrogens is 280 g/mol. The Morgan fingerprint density at radius 3 is 2.90 bits per heavy atom. The Hall–Kier alpha value is -3.14. The molecule has 21 heavy (non-hydrogen) atoms. The summed E-state index contributed by atoms with van der Waals surface area (Å²) in [6.45, 7) is 0.147. The van der Waals surface area contributed by atoms with Crippen molar-refractivity contribution >= 4 is 23.1 Å². The minimum Gasteiger partial charge on any atom is -0.454 e. The van der Waals surface area contributed by atoms with Crippen LogP contribution in [0.25, 0.3) is 0 Å². The lowest BCUT2D eigenvalue weighted by molar-refractivity contribution is -0.384. The first kappa shape index (κ1) is 12.9. The number of nitrogens with zero attached hydrogens (tertiary/aromatic N) is 3. The second-order valence-corrected chi connectivity index (χ2v) is 4.02. The fourth-order valence-corrected chi connectivity index (χ4v) is 1.78. The number of hydrogen-bond acceptors (Lipinski definition) is 9. The third-order valence-corrected chi connectivity index (χ3v) is 2.73. The monoisotopic (exact) mass is 290 g/mol. The van der Waals surface area contributed by atoms with Crippen molar-refractivity contribution in [1.29, 1.82) is 0 Å². The molecule has 2 aromatic rings. The second kappa shape index (κ2) is 5.09. The summed E-state index contributed by atoms with van der Waals surface area (Å²) in [6, 6.07) is 5.04. The molecule has 0 radical (unpaired) electrons. The van der Waals surface area contributed by atoms with Gasteiger partial charge in [0.05, 0.1) is 4.92 Å². The molecule has 1 aliphatic rings. The summed E-state index contributed by atoms with van der Waals surface area (Å²) in [5.74, 6) is 6.44. The van der Waals surface area contributed by atoms with Crippen molar-refractivity contribution in [3.8, 4) is 11.5 Å². The number of nitrogen functional groups attached to an aromatic ring is 1. The van der Waals surface area contributed by atoms with Crippen LogP contribution < -0.4 is 26.1 Å². The molecule has 10 heteroatoms. The quantitative estimate of drug-likeness (QED) is 0.430. The van der Waals surface area contributed by atoms with Gasteiger partial charge in [-0.1, -0.05) is 0 Å². The van der Waals surface area contributed by atoms with Gasteiger partial charge in [0.25, 0.3) is 0 Å². The summed E-state index contributed by atoms with van der Waals surface area (Å²) in [5, 5.41) is 13.8. The number of aromatic nitrogens is 2. The molecule has 1 aromatic heterocycles. The highest BCUT2D eigenvalue weighted by Crippen LogP contribution is 2.35. The van der Waals surface area contributed by atoms with E-state index in [1.807, 2.05) is 0 Å². The van der Waals surface area contributed by atoms with Gasteiger partial charge in [0.15, 0.2) is 11.5 Å². The SMILES string of the molecule is NNc1ncc([N+](=O)[O-])c(Nc2ccc3c(c2)OCO3)n1. The highest BCUT2D eigenvalue weighted by atomic mass is 16.7. The molecule has 10 nitrogen and oxygen atoms in total. The summed E-state index contributed by atoms with van der Waals surface area (Å²) >= 11 is 0. The molecule has 0 saturated heterocycles. The van der Waals surface area contributed by atoms with Gasteiger partial charge >= 0.3 is 5.69 Å². The van der Waals surface area contributed by atoms with E-state index in [9.17, 15) is 10.1 Å². The Morgan fingerprint density at radius 2 is 2.14 bits per heavy atom. The molecule has 0 aliphatic carbocycles. The van der Waals surface area contributed by atoms with Gasteiger partial charge in [-0.3, -0.25) is 15.5 Å². The maximum Gasteiger partial charge on any atom is 0.329 e. The maximum atomic E-state index is 11.0. The molecule has 0 fully saturated rings. The van der Waals surface area contributed by atoms with E-state index in [0.29, 0.717) is 17.2 Å². The van der Waals surface area contributed by atoms with Crippen molar-refractivity contribution in [3.05, 3.63) is 34.5 Å². The van der Waals surface area contributed by atoms with Gasteiger partial charge in [-0.25, -0.2) is 10.8 Å². The van der Waals surface area contributed by atoms with Crippen LogP contribution in [0, 0.1) is 10.1 Å². The van der Waals surface area contributed by atoms with Crippen molar-refractivity contribution in [2.75, 3.05) is 17.5 Å². The Labute approximate surface area is 118 Å². The minimum atomic E-state index is -0.588. The smallest absolute Gasteiger partial charge is 0.329 e. The van der Waals surface area contributed by atoms with Gasteiger partial charge in [-0.2, -0.15) is 4.98 Å². The van der Waals surface area contributed by atoms with Crippen molar-refractivity contribution in [3.63, 3.8) is 0 Å². The van der Waals surface area contributed by atoms with Gasteiger partial charge in [-0.05, 0) is 12.1 Å². The summed E-state index contributed by atoms with van der Waals surface area (Å²) < 4.78 is 10.4. The zero-order chi connectivity index (χ0) is 14.8. The topological polar surface area (TPSA) is 137 Å². The van der Waals surface area contributed by atoms with Crippen LogP contribution in [-0.4, -0.2) is 21.7 Å². The van der Waals surface area contributed by atoms with E-state index in [4.69, 9.17) is 15.3 Å². The lowest BCUT2D eigenvalue weighted by Gasteiger charge is -2.08. The van der Waals surface area contributed by atoms with Gasteiger partial charge in [-0.15, -0.1) is 0 Å². The Bertz CT molecular complexity index is 707. The van der Waals surface area contributed by atoms with Crippen LogP contribution in [0.1, 0.15) is 0 Å². The van der Waals surface area contributed by atoms with E-state index in [1.165, 1.54) is 0 Å². The van der Waals surface area contributed by atoms with Crippen LogP contribution in [0.5, 0.6) is 11.5 Å². The maximum absolute atomic E-state index is 11.0. The van der Waals surface area contributed by atoms with E-state index in [1.54, 1.807) is 18.2 Å². The Morgan fingerprint density at radius 1 is 1.33 bits per heavy atom. The molecule has 0 atom stereocenters. The molecule has 108 valence electrons. The largest absolute Gasteiger partial charge is 0.454 e. The van der Waals surface area contributed by atoms with Crippen LogP contribution in [0.4, 0.5) is 23.1 Å². The highest BCUT2D eigenvalue weighted by Gasteiger charge is 2.19. The van der Waals surface area contributed by atoms with Crippen LogP contribution in [-0.2, 0) is 0 Å². The normalized spacial score (nSPS) is 12.0. The average molecular weight is 290 g/mol.